The Morgan fingerprint density at radius 3 is 1.74 bits per heavy atom. The van der Waals surface area contributed by atoms with Gasteiger partial charge in [0.1, 0.15) is 29.6 Å². The van der Waals surface area contributed by atoms with Gasteiger partial charge in [-0.3, -0.25) is 28.8 Å². The standard InChI is InChI=1S/C54H72N4O11.H2S/c1-9-31-67-51(65)46(57-39(5)60)28-29-49(63)58-47(32-37(2)3)48(62)34-41(50(64)56-35-45(61)33-40(38(4)59)21-19-20-30-55-52(66)69-53(6,7)8)36-68-54(42-22-13-10-14-23-42,43-24-15-11-16-25-43)44-26-17-12-18-27-44;/h9-18,22-27,37,40-41,46-47H,1,19-21,28-36H2,2-8H3,(H,55,66)(H,56,64)(H,57,60)(H,58,63);1H2/t40?,41-,46-,47-;/m0./s1. The summed E-state index contributed by atoms with van der Waals surface area (Å²) in [4.78, 5) is 105. The van der Waals surface area contributed by atoms with E-state index in [1.54, 1.807) is 20.8 Å². The Bertz CT molecular complexity index is 2070. The fraction of sp³-hybridized carbons (Fsp3) is 0.481. The number of rotatable bonds is 30. The summed E-state index contributed by atoms with van der Waals surface area (Å²) < 4.78 is 17.4. The van der Waals surface area contributed by atoms with Crippen LogP contribution in [0.4, 0.5) is 4.79 Å². The number of ketones is 3. The van der Waals surface area contributed by atoms with Gasteiger partial charge in [-0.1, -0.05) is 124 Å². The number of hydrogen-bond donors (Lipinski definition) is 4. The van der Waals surface area contributed by atoms with Gasteiger partial charge in [-0.2, -0.15) is 13.5 Å². The third-order valence-corrected chi connectivity index (χ3v) is 11.1. The van der Waals surface area contributed by atoms with E-state index in [-0.39, 0.29) is 76.3 Å². The molecule has 0 aliphatic carbocycles. The minimum absolute atomic E-state index is 0. The predicted octanol–water partition coefficient (Wildman–Crippen LogP) is 7.20. The second kappa shape index (κ2) is 30.5. The van der Waals surface area contributed by atoms with Crippen molar-refractivity contribution in [3.8, 4) is 0 Å². The molecule has 15 nitrogen and oxygen atoms in total. The SMILES string of the molecule is C=CCOC(=O)[C@H](CCC(=O)N[C@@H](CC(C)C)C(=O)C[C@@H](COC(c1ccccc1)(c1ccccc1)c1ccccc1)C(=O)NCC(=O)CC(CCCCNC(=O)OC(C)(C)C)C(C)=O)NC(C)=O.S. The number of esters is 1. The number of alkyl carbamates (subject to hydrolysis) is 1. The molecule has 3 aromatic rings. The first-order valence-corrected chi connectivity index (χ1v) is 23.7. The highest BCUT2D eigenvalue weighted by atomic mass is 32.1. The summed E-state index contributed by atoms with van der Waals surface area (Å²) in [5.41, 5.74) is 0.376. The van der Waals surface area contributed by atoms with Crippen LogP contribution >= 0.6 is 13.5 Å². The molecule has 0 aromatic heterocycles. The van der Waals surface area contributed by atoms with Gasteiger partial charge < -0.3 is 35.5 Å². The molecule has 0 saturated carbocycles. The number of unbranched alkanes of at least 4 members (excludes halogenated alkanes) is 1. The lowest BCUT2D eigenvalue weighted by molar-refractivity contribution is -0.147. The summed E-state index contributed by atoms with van der Waals surface area (Å²) in [7, 11) is 0. The molecule has 0 spiro atoms. The molecular formula is C54H74N4O11S. The highest BCUT2D eigenvalue weighted by Gasteiger charge is 2.40. The van der Waals surface area contributed by atoms with Crippen LogP contribution in [0.2, 0.25) is 0 Å². The Kier molecular flexibility index (Phi) is 26.1. The average molecular weight is 987 g/mol. The van der Waals surface area contributed by atoms with E-state index in [1.807, 2.05) is 105 Å². The van der Waals surface area contributed by atoms with Crippen LogP contribution in [-0.4, -0.2) is 91.1 Å². The highest BCUT2D eigenvalue weighted by molar-refractivity contribution is 7.59. The van der Waals surface area contributed by atoms with Gasteiger partial charge in [0.2, 0.25) is 17.7 Å². The molecular weight excluding hydrogens is 913 g/mol. The van der Waals surface area contributed by atoms with Crippen molar-refractivity contribution in [1.82, 2.24) is 21.3 Å². The lowest BCUT2D eigenvalue weighted by atomic mass is 9.80. The van der Waals surface area contributed by atoms with Crippen LogP contribution in [-0.2, 0) is 53.4 Å². The quantitative estimate of drug-likeness (QED) is 0.0227. The number of Topliss-reactive ketones (excluding diaryl/α,β-unsaturated/α-hetero) is 3. The fourth-order valence-electron chi connectivity index (χ4n) is 7.77. The summed E-state index contributed by atoms with van der Waals surface area (Å²) in [6.07, 6.45) is 1.72. The molecule has 4 N–H and O–H groups in total. The van der Waals surface area contributed by atoms with Crippen molar-refractivity contribution in [3.05, 3.63) is 120 Å². The summed E-state index contributed by atoms with van der Waals surface area (Å²) >= 11 is 0. The molecule has 3 aromatic carbocycles. The smallest absolute Gasteiger partial charge is 0.407 e. The zero-order valence-corrected chi connectivity index (χ0v) is 42.8. The van der Waals surface area contributed by atoms with Gasteiger partial charge in [0.25, 0.3) is 0 Å². The zero-order valence-electron chi connectivity index (χ0n) is 41.8. The maximum absolute atomic E-state index is 14.5. The average Bonchev–Trinajstić information content (AvgIpc) is 3.30. The summed E-state index contributed by atoms with van der Waals surface area (Å²) in [5.74, 6) is -5.29. The Balaban J connectivity index is 0.0000168. The van der Waals surface area contributed by atoms with Gasteiger partial charge in [0, 0.05) is 38.6 Å². The predicted molar refractivity (Wildman–Crippen MR) is 273 cm³/mol. The van der Waals surface area contributed by atoms with E-state index in [9.17, 15) is 38.4 Å². The summed E-state index contributed by atoms with van der Waals surface area (Å²) in [6, 6.07) is 26.3. The van der Waals surface area contributed by atoms with Gasteiger partial charge in [0.05, 0.1) is 25.1 Å². The molecule has 0 aliphatic heterocycles. The molecule has 0 heterocycles. The van der Waals surface area contributed by atoms with Crippen LogP contribution in [0.25, 0.3) is 0 Å². The first-order valence-electron chi connectivity index (χ1n) is 23.7. The monoisotopic (exact) mass is 987 g/mol. The summed E-state index contributed by atoms with van der Waals surface area (Å²) in [5, 5.41) is 10.7. The number of carbonyl (C=O) groups is 8. The van der Waals surface area contributed by atoms with Gasteiger partial charge in [-0.05, 0) is 76.0 Å². The maximum atomic E-state index is 14.5. The van der Waals surface area contributed by atoms with E-state index < -0.39 is 77.2 Å². The first-order chi connectivity index (χ1) is 32.7. The minimum atomic E-state index is -1.26. The summed E-state index contributed by atoms with van der Waals surface area (Å²) in [6.45, 7) is 14.8. The van der Waals surface area contributed by atoms with Gasteiger partial charge in [-0.15, -0.1) is 0 Å². The molecule has 0 bridgehead atoms. The Hall–Kier alpha value is -6.13. The van der Waals surface area contributed by atoms with E-state index in [4.69, 9.17) is 14.2 Å². The number of hydrogen-bond acceptors (Lipinski definition) is 11. The Morgan fingerprint density at radius 2 is 1.26 bits per heavy atom. The molecule has 0 fully saturated rings. The van der Waals surface area contributed by atoms with Crippen molar-refractivity contribution >= 4 is 60.6 Å². The first kappa shape index (κ1) is 60.0. The van der Waals surface area contributed by atoms with Gasteiger partial charge in [0.15, 0.2) is 11.6 Å². The van der Waals surface area contributed by atoms with E-state index in [0.717, 1.165) is 16.7 Å². The van der Waals surface area contributed by atoms with Crippen molar-refractivity contribution in [1.29, 1.82) is 0 Å². The molecule has 0 aliphatic rings. The zero-order chi connectivity index (χ0) is 51.0. The number of nitrogens with one attached hydrogen (secondary N) is 4. The molecule has 16 heteroatoms. The molecule has 0 radical (unpaired) electrons. The van der Waals surface area contributed by atoms with Crippen LogP contribution in [0.3, 0.4) is 0 Å². The van der Waals surface area contributed by atoms with Crippen LogP contribution < -0.4 is 21.3 Å². The normalized spacial score (nSPS) is 13.0. The van der Waals surface area contributed by atoms with Crippen molar-refractivity contribution in [2.45, 2.75) is 123 Å². The molecule has 4 amide bonds. The lowest BCUT2D eigenvalue weighted by Gasteiger charge is -2.37. The van der Waals surface area contributed by atoms with Gasteiger partial charge >= 0.3 is 12.1 Å². The molecule has 382 valence electrons. The number of carbonyl (C=O) groups excluding carboxylic acids is 8. The number of ether oxygens (including phenoxy) is 3. The Labute approximate surface area is 420 Å². The molecule has 3 rings (SSSR count). The lowest BCUT2D eigenvalue weighted by Crippen LogP contribution is -2.46. The number of benzene rings is 3. The molecule has 0 saturated heterocycles. The van der Waals surface area contributed by atoms with Crippen LogP contribution in [0.15, 0.2) is 104 Å². The van der Waals surface area contributed by atoms with Crippen molar-refractivity contribution in [3.63, 3.8) is 0 Å². The van der Waals surface area contributed by atoms with Crippen molar-refractivity contribution < 1.29 is 52.6 Å². The van der Waals surface area contributed by atoms with E-state index in [1.165, 1.54) is 19.9 Å². The highest BCUT2D eigenvalue weighted by Crippen LogP contribution is 2.41. The number of amides is 4. The van der Waals surface area contributed by atoms with E-state index >= 15 is 0 Å². The van der Waals surface area contributed by atoms with Crippen LogP contribution in [0.1, 0.15) is 117 Å². The van der Waals surface area contributed by atoms with Crippen LogP contribution in [0, 0.1) is 17.8 Å². The minimum Gasteiger partial charge on any atom is -0.460 e. The third kappa shape index (κ3) is 20.8. The molecule has 1 unspecified atom stereocenters. The van der Waals surface area contributed by atoms with E-state index in [2.05, 4.69) is 27.8 Å². The molecule has 4 atom stereocenters. The topological polar surface area (TPSA) is 212 Å². The fourth-order valence-corrected chi connectivity index (χ4v) is 7.77. The largest absolute Gasteiger partial charge is 0.460 e. The van der Waals surface area contributed by atoms with Gasteiger partial charge in [-0.25, -0.2) is 9.59 Å². The van der Waals surface area contributed by atoms with Crippen LogP contribution in [0.5, 0.6) is 0 Å². The van der Waals surface area contributed by atoms with Crippen molar-refractivity contribution in [2.75, 3.05) is 26.3 Å². The van der Waals surface area contributed by atoms with Crippen molar-refractivity contribution in [2.24, 2.45) is 17.8 Å². The maximum Gasteiger partial charge on any atom is 0.407 e. The third-order valence-electron chi connectivity index (χ3n) is 11.1. The second-order valence-corrected chi connectivity index (χ2v) is 18.6. The van der Waals surface area contributed by atoms with E-state index in [0.29, 0.717) is 25.8 Å². The molecule has 70 heavy (non-hydrogen) atoms. The Morgan fingerprint density at radius 1 is 0.700 bits per heavy atom. The second-order valence-electron chi connectivity index (χ2n) is 18.6.